The summed E-state index contributed by atoms with van der Waals surface area (Å²) >= 11 is 0. The maximum absolute atomic E-state index is 15.4. The highest BCUT2D eigenvalue weighted by Gasteiger charge is 2.38. The van der Waals surface area contributed by atoms with E-state index in [1.165, 1.54) is 17.9 Å². The lowest BCUT2D eigenvalue weighted by atomic mass is 9.77. The van der Waals surface area contributed by atoms with Gasteiger partial charge in [0.25, 0.3) is 0 Å². The second-order valence-electron chi connectivity index (χ2n) is 11.6. The van der Waals surface area contributed by atoms with Gasteiger partial charge in [0.1, 0.15) is 23.2 Å². The molecule has 1 aliphatic heterocycles. The molecule has 11 heteroatoms. The summed E-state index contributed by atoms with van der Waals surface area (Å²) < 4.78 is 24.4. The quantitative estimate of drug-likeness (QED) is 0.194. The van der Waals surface area contributed by atoms with Crippen LogP contribution in [0.15, 0.2) is 128 Å². The fraction of sp³-hybridized carbons (Fsp3) is 0.162. The monoisotopic (exact) mass is 641 g/mol. The van der Waals surface area contributed by atoms with Gasteiger partial charge in [-0.1, -0.05) is 96.2 Å². The molecule has 7 rings (SSSR count). The summed E-state index contributed by atoms with van der Waals surface area (Å²) in [7, 11) is 0. The molecular weight excluding hydrogens is 609 g/mol. The fourth-order valence-electron chi connectivity index (χ4n) is 6.25. The Labute approximate surface area is 276 Å². The fourth-order valence-corrected chi connectivity index (χ4v) is 6.25. The number of halogens is 1. The van der Waals surface area contributed by atoms with Gasteiger partial charge in [-0.15, -0.1) is 5.10 Å². The van der Waals surface area contributed by atoms with Crippen molar-refractivity contribution in [3.63, 3.8) is 0 Å². The molecule has 10 nitrogen and oxygen atoms in total. The number of amides is 2. The van der Waals surface area contributed by atoms with Crippen LogP contribution < -0.4 is 10.2 Å². The number of aromatic nitrogens is 5. The molecule has 3 heterocycles. The van der Waals surface area contributed by atoms with E-state index in [9.17, 15) is 9.59 Å². The third-order valence-electron chi connectivity index (χ3n) is 8.45. The zero-order valence-electron chi connectivity index (χ0n) is 26.1. The third-order valence-corrected chi connectivity index (χ3v) is 8.45. The molecule has 1 atom stereocenters. The molecule has 4 aromatic carbocycles. The van der Waals surface area contributed by atoms with Gasteiger partial charge >= 0.3 is 6.09 Å². The van der Waals surface area contributed by atoms with E-state index < -0.39 is 23.6 Å². The van der Waals surface area contributed by atoms with E-state index in [-0.39, 0.29) is 24.6 Å². The van der Waals surface area contributed by atoms with E-state index in [2.05, 4.69) is 56.6 Å². The van der Waals surface area contributed by atoms with E-state index in [1.54, 1.807) is 23.0 Å². The molecule has 0 spiro atoms. The lowest BCUT2D eigenvalue weighted by Gasteiger charge is -2.37. The molecule has 2 amide bonds. The van der Waals surface area contributed by atoms with E-state index in [0.29, 0.717) is 17.9 Å². The van der Waals surface area contributed by atoms with Crippen molar-refractivity contribution in [3.8, 4) is 11.3 Å². The minimum atomic E-state index is -0.695. The molecule has 0 saturated carbocycles. The average Bonchev–Trinajstić information content (AvgIpc) is 3.86. The molecule has 1 saturated heterocycles. The molecule has 48 heavy (non-hydrogen) atoms. The molecule has 0 aliphatic carbocycles. The first kappa shape index (κ1) is 30.5. The Morgan fingerprint density at radius 1 is 0.917 bits per heavy atom. The summed E-state index contributed by atoms with van der Waals surface area (Å²) in [6.07, 6.45) is 4.40. The second kappa shape index (κ2) is 13.0. The van der Waals surface area contributed by atoms with Crippen LogP contribution in [0.1, 0.15) is 29.3 Å². The molecule has 0 bridgehead atoms. The third kappa shape index (κ3) is 5.81. The molecular formula is C37H32FN7O3. The Morgan fingerprint density at radius 2 is 1.54 bits per heavy atom. The van der Waals surface area contributed by atoms with E-state index in [4.69, 9.17) is 9.72 Å². The van der Waals surface area contributed by atoms with E-state index >= 15 is 4.39 Å². The highest BCUT2D eigenvalue weighted by atomic mass is 19.1. The zero-order valence-corrected chi connectivity index (χ0v) is 26.1. The van der Waals surface area contributed by atoms with Crippen LogP contribution in [0, 0.1) is 5.82 Å². The van der Waals surface area contributed by atoms with E-state index in [0.717, 1.165) is 22.4 Å². The summed E-state index contributed by atoms with van der Waals surface area (Å²) in [5.41, 5.74) is 4.24. The predicted octanol–water partition coefficient (Wildman–Crippen LogP) is 5.63. The van der Waals surface area contributed by atoms with Crippen LogP contribution in [0.4, 0.5) is 14.9 Å². The number of carbonyl (C=O) groups is 2. The van der Waals surface area contributed by atoms with Crippen LogP contribution in [-0.2, 0) is 21.6 Å². The lowest BCUT2D eigenvalue weighted by Crippen LogP contribution is -2.36. The van der Waals surface area contributed by atoms with E-state index in [1.807, 2.05) is 67.1 Å². The van der Waals surface area contributed by atoms with Gasteiger partial charge in [0.15, 0.2) is 0 Å². The number of hydrogen-bond acceptors (Lipinski definition) is 6. The smallest absolute Gasteiger partial charge is 0.414 e. The maximum Gasteiger partial charge on any atom is 0.414 e. The van der Waals surface area contributed by atoms with Crippen LogP contribution in [-0.4, -0.2) is 55.7 Å². The Hall–Kier alpha value is -6.10. The highest BCUT2D eigenvalue weighted by molar-refractivity contribution is 5.90. The first-order valence-corrected chi connectivity index (χ1v) is 15.5. The van der Waals surface area contributed by atoms with Crippen molar-refractivity contribution in [2.75, 3.05) is 18.0 Å². The Bertz CT molecular complexity index is 1950. The molecule has 1 fully saturated rings. The van der Waals surface area contributed by atoms with Gasteiger partial charge in [-0.05, 0) is 34.9 Å². The van der Waals surface area contributed by atoms with Gasteiger partial charge in [0, 0.05) is 18.7 Å². The van der Waals surface area contributed by atoms with Crippen molar-refractivity contribution in [2.45, 2.75) is 25.1 Å². The number of hydrogen-bond donors (Lipinski definition) is 1. The largest absolute Gasteiger partial charge is 0.442 e. The van der Waals surface area contributed by atoms with Gasteiger partial charge < -0.3 is 14.6 Å². The van der Waals surface area contributed by atoms with Gasteiger partial charge in [-0.25, -0.2) is 18.9 Å². The van der Waals surface area contributed by atoms with Crippen molar-refractivity contribution >= 4 is 17.7 Å². The first-order valence-electron chi connectivity index (χ1n) is 15.5. The summed E-state index contributed by atoms with van der Waals surface area (Å²) in [6, 6.07) is 35.5. The standard InChI is InChI=1S/C37H32FN7O3/c1-26(46)39-20-32-23-45(36(47)48-32)31-17-18-33(34(38)19-31)35-24-44(42-41-35)22-30-21-43(25-40-30)37(27-11-5-2-6-12-27,28-13-7-3-8-14-28)29-15-9-4-10-16-29/h2-19,21,24-25,32H,20,22-23H2,1H3,(H,39,46)/t32-/m0/s1. The molecule has 0 unspecified atom stereocenters. The number of benzene rings is 4. The van der Waals surface area contributed by atoms with Crippen LogP contribution in [0.25, 0.3) is 11.3 Å². The number of ether oxygens (including phenoxy) is 1. The Kier molecular flexibility index (Phi) is 8.24. The van der Waals surface area contributed by atoms with Crippen molar-refractivity contribution in [2.24, 2.45) is 0 Å². The maximum atomic E-state index is 15.4. The zero-order chi connectivity index (χ0) is 33.1. The number of imidazole rings is 1. The molecule has 1 aliphatic rings. The van der Waals surface area contributed by atoms with Gasteiger partial charge in [0.05, 0.1) is 43.5 Å². The topological polar surface area (TPSA) is 107 Å². The van der Waals surface area contributed by atoms with Crippen LogP contribution in [0.5, 0.6) is 0 Å². The summed E-state index contributed by atoms with van der Waals surface area (Å²) in [4.78, 5) is 29.8. The normalized spacial score (nSPS) is 14.6. The SMILES string of the molecule is CC(=O)NC[C@H]1CN(c2ccc(-c3cn(Cc4cn(C(c5ccccc5)(c5ccccc5)c5ccccc5)cn4)nn3)c(F)c2)C(=O)O1. The minimum Gasteiger partial charge on any atom is -0.442 e. The number of carbonyl (C=O) groups excluding carboxylic acids is 2. The average molecular weight is 642 g/mol. The number of anilines is 1. The number of rotatable bonds is 10. The molecule has 240 valence electrons. The van der Waals surface area contributed by atoms with Crippen molar-refractivity contribution in [1.82, 2.24) is 29.9 Å². The number of nitrogens with one attached hydrogen (secondary N) is 1. The molecule has 0 radical (unpaired) electrons. The highest BCUT2D eigenvalue weighted by Crippen LogP contribution is 2.40. The summed E-state index contributed by atoms with van der Waals surface area (Å²) in [6.45, 7) is 2.08. The second-order valence-corrected chi connectivity index (χ2v) is 11.6. The minimum absolute atomic E-state index is 0.186. The Balaban J connectivity index is 1.15. The van der Waals surface area contributed by atoms with Crippen LogP contribution in [0.3, 0.4) is 0 Å². The van der Waals surface area contributed by atoms with Gasteiger partial charge in [-0.3, -0.25) is 9.69 Å². The van der Waals surface area contributed by atoms with Crippen molar-refractivity contribution in [1.29, 1.82) is 0 Å². The van der Waals surface area contributed by atoms with Crippen molar-refractivity contribution in [3.05, 3.63) is 156 Å². The van der Waals surface area contributed by atoms with Crippen molar-refractivity contribution < 1.29 is 18.7 Å². The first-order chi connectivity index (χ1) is 23.4. The van der Waals surface area contributed by atoms with Gasteiger partial charge in [0.2, 0.25) is 5.91 Å². The number of cyclic esters (lactones) is 1. The Morgan fingerprint density at radius 3 is 2.12 bits per heavy atom. The molecule has 6 aromatic rings. The molecule has 2 aromatic heterocycles. The van der Waals surface area contributed by atoms with Crippen LogP contribution >= 0.6 is 0 Å². The molecule has 1 N–H and O–H groups in total. The number of nitrogens with zero attached hydrogens (tertiary/aromatic N) is 6. The summed E-state index contributed by atoms with van der Waals surface area (Å²) in [5.74, 6) is -0.777. The van der Waals surface area contributed by atoms with Gasteiger partial charge in [-0.2, -0.15) is 0 Å². The lowest BCUT2D eigenvalue weighted by molar-refractivity contribution is -0.119. The predicted molar refractivity (Wildman–Crippen MR) is 178 cm³/mol. The summed E-state index contributed by atoms with van der Waals surface area (Å²) in [5, 5.41) is 11.1. The van der Waals surface area contributed by atoms with Crippen LogP contribution in [0.2, 0.25) is 0 Å².